The molecule has 0 aromatic carbocycles. The quantitative estimate of drug-likeness (QED) is 0.509. The molecule has 0 amide bonds. The normalized spacial score (nSPS) is 13.6. The summed E-state index contributed by atoms with van der Waals surface area (Å²) in [7, 11) is 1.55. The first kappa shape index (κ1) is 18.1. The highest BCUT2D eigenvalue weighted by Crippen LogP contribution is 2.39. The van der Waals surface area contributed by atoms with Crippen molar-refractivity contribution in [3.8, 4) is 11.8 Å². The molecule has 1 saturated carbocycles. The van der Waals surface area contributed by atoms with Crippen LogP contribution in [0.2, 0.25) is 0 Å². The summed E-state index contributed by atoms with van der Waals surface area (Å²) < 4.78 is 16.2. The molecule has 1 aliphatic rings. The fourth-order valence-corrected chi connectivity index (χ4v) is 2.66. The van der Waals surface area contributed by atoms with Gasteiger partial charge in [-0.05, 0) is 26.7 Å². The molecule has 0 aliphatic heterocycles. The van der Waals surface area contributed by atoms with Crippen LogP contribution in [0.3, 0.4) is 0 Å². The van der Waals surface area contributed by atoms with Crippen molar-refractivity contribution in [2.75, 3.05) is 17.7 Å². The first-order valence-corrected chi connectivity index (χ1v) is 9.20. The summed E-state index contributed by atoms with van der Waals surface area (Å²) in [5, 5.41) is 17.3. The predicted octanol–water partition coefficient (Wildman–Crippen LogP) is 3.22. The fraction of sp³-hybridized carbons (Fsp3) is 0.444. The van der Waals surface area contributed by atoms with Crippen molar-refractivity contribution in [3.05, 3.63) is 29.8 Å². The zero-order valence-electron chi connectivity index (χ0n) is 16.0. The van der Waals surface area contributed by atoms with E-state index in [1.807, 2.05) is 19.9 Å². The SMILES string of the molecule is COc1nc(NCc2cc(C3CC3)no2)ncc1Nc1cc(OC(C)C)n[nH]1. The van der Waals surface area contributed by atoms with E-state index < -0.39 is 0 Å². The molecule has 148 valence electrons. The van der Waals surface area contributed by atoms with Gasteiger partial charge in [-0.15, -0.1) is 5.10 Å². The molecule has 1 fully saturated rings. The Kier molecular flexibility index (Phi) is 5.00. The van der Waals surface area contributed by atoms with Gasteiger partial charge in [0, 0.05) is 18.1 Å². The number of nitrogens with one attached hydrogen (secondary N) is 3. The average Bonchev–Trinajstić information content (AvgIpc) is 3.26. The molecule has 0 unspecified atom stereocenters. The van der Waals surface area contributed by atoms with Crippen LogP contribution in [0, 0.1) is 0 Å². The smallest absolute Gasteiger partial charge is 0.242 e. The lowest BCUT2D eigenvalue weighted by molar-refractivity contribution is 0.232. The molecule has 3 heterocycles. The van der Waals surface area contributed by atoms with E-state index in [0.29, 0.717) is 41.7 Å². The van der Waals surface area contributed by atoms with Gasteiger partial charge in [-0.25, -0.2) is 4.98 Å². The van der Waals surface area contributed by atoms with Gasteiger partial charge >= 0.3 is 0 Å². The van der Waals surface area contributed by atoms with Crippen molar-refractivity contribution in [1.82, 2.24) is 25.3 Å². The average molecular weight is 385 g/mol. The molecule has 1 aliphatic carbocycles. The van der Waals surface area contributed by atoms with Crippen LogP contribution in [-0.4, -0.2) is 38.5 Å². The molecule has 0 saturated heterocycles. The van der Waals surface area contributed by atoms with E-state index >= 15 is 0 Å². The number of hydrogen-bond acceptors (Lipinski definition) is 9. The van der Waals surface area contributed by atoms with Gasteiger partial charge in [0.25, 0.3) is 0 Å². The Labute approximate surface area is 162 Å². The maximum atomic E-state index is 5.53. The second-order valence-corrected chi connectivity index (χ2v) is 6.87. The highest BCUT2D eigenvalue weighted by Gasteiger charge is 2.27. The Morgan fingerprint density at radius 2 is 2.18 bits per heavy atom. The number of anilines is 3. The topological polar surface area (TPSA) is 123 Å². The van der Waals surface area contributed by atoms with E-state index in [1.54, 1.807) is 19.4 Å². The number of ether oxygens (including phenoxy) is 2. The zero-order chi connectivity index (χ0) is 19.5. The van der Waals surface area contributed by atoms with Crippen LogP contribution in [0.25, 0.3) is 0 Å². The highest BCUT2D eigenvalue weighted by atomic mass is 16.5. The van der Waals surface area contributed by atoms with Crippen LogP contribution in [0.5, 0.6) is 11.8 Å². The molecular weight excluding hydrogens is 362 g/mol. The molecule has 3 aromatic heterocycles. The monoisotopic (exact) mass is 385 g/mol. The van der Waals surface area contributed by atoms with Crippen LogP contribution in [-0.2, 0) is 6.54 Å². The Balaban J connectivity index is 1.39. The minimum absolute atomic E-state index is 0.0455. The number of rotatable bonds is 9. The molecule has 10 heteroatoms. The van der Waals surface area contributed by atoms with Crippen LogP contribution < -0.4 is 20.1 Å². The van der Waals surface area contributed by atoms with Gasteiger partial charge < -0.3 is 24.6 Å². The molecule has 0 radical (unpaired) electrons. The molecule has 10 nitrogen and oxygen atoms in total. The number of hydrogen-bond donors (Lipinski definition) is 3. The standard InChI is InChI=1S/C18H23N7O3/c1-10(2)27-16-7-15(23-24-16)21-14-9-20-18(22-17(14)26-3)19-8-12-6-13(25-28-12)11-4-5-11/h6-7,9-11H,4-5,8H2,1-3H3,(H,19,20,22)(H2,21,23,24). The van der Waals surface area contributed by atoms with E-state index in [2.05, 4.69) is 36.0 Å². The van der Waals surface area contributed by atoms with Crippen molar-refractivity contribution in [2.24, 2.45) is 0 Å². The molecular formula is C18H23N7O3. The number of nitrogens with zero attached hydrogens (tertiary/aromatic N) is 4. The number of H-pyrrole nitrogens is 1. The summed E-state index contributed by atoms with van der Waals surface area (Å²) in [6, 6.07) is 3.74. The predicted molar refractivity (Wildman–Crippen MR) is 102 cm³/mol. The highest BCUT2D eigenvalue weighted by molar-refractivity contribution is 5.62. The third-order valence-corrected chi connectivity index (χ3v) is 4.12. The lowest BCUT2D eigenvalue weighted by Gasteiger charge is -2.10. The molecule has 28 heavy (non-hydrogen) atoms. The van der Waals surface area contributed by atoms with Gasteiger partial charge in [0.2, 0.25) is 17.7 Å². The summed E-state index contributed by atoms with van der Waals surface area (Å²) >= 11 is 0. The summed E-state index contributed by atoms with van der Waals surface area (Å²) in [6.07, 6.45) is 4.06. The van der Waals surface area contributed by atoms with E-state index in [4.69, 9.17) is 14.0 Å². The van der Waals surface area contributed by atoms with Crippen LogP contribution in [0.15, 0.2) is 22.9 Å². The minimum atomic E-state index is 0.0455. The van der Waals surface area contributed by atoms with Gasteiger partial charge in [0.15, 0.2) is 5.76 Å². The second-order valence-electron chi connectivity index (χ2n) is 6.87. The molecule has 0 spiro atoms. The third-order valence-electron chi connectivity index (χ3n) is 4.12. The Bertz CT molecular complexity index is 933. The summed E-state index contributed by atoms with van der Waals surface area (Å²) in [6.45, 7) is 4.33. The van der Waals surface area contributed by atoms with Gasteiger partial charge in [0.1, 0.15) is 11.5 Å². The van der Waals surface area contributed by atoms with Crippen LogP contribution in [0.4, 0.5) is 17.5 Å². The first-order valence-electron chi connectivity index (χ1n) is 9.20. The molecule has 3 N–H and O–H groups in total. The molecule has 4 rings (SSSR count). The van der Waals surface area contributed by atoms with Gasteiger partial charge in [-0.1, -0.05) is 5.16 Å². The maximum absolute atomic E-state index is 5.53. The van der Waals surface area contributed by atoms with Crippen molar-refractivity contribution in [2.45, 2.75) is 45.3 Å². The Morgan fingerprint density at radius 1 is 1.32 bits per heavy atom. The Hall–Kier alpha value is -3.30. The van der Waals surface area contributed by atoms with E-state index in [1.165, 1.54) is 12.8 Å². The first-order chi connectivity index (χ1) is 13.6. The van der Waals surface area contributed by atoms with Gasteiger partial charge in [0.05, 0.1) is 31.6 Å². The third kappa shape index (κ3) is 4.33. The van der Waals surface area contributed by atoms with Gasteiger partial charge in [-0.2, -0.15) is 4.98 Å². The molecule has 3 aromatic rings. The van der Waals surface area contributed by atoms with Crippen LogP contribution in [0.1, 0.15) is 44.1 Å². The molecule has 0 bridgehead atoms. The zero-order valence-corrected chi connectivity index (χ0v) is 16.0. The second kappa shape index (κ2) is 7.75. The fourth-order valence-electron chi connectivity index (χ4n) is 2.66. The van der Waals surface area contributed by atoms with E-state index in [9.17, 15) is 0 Å². The van der Waals surface area contributed by atoms with Crippen molar-refractivity contribution in [3.63, 3.8) is 0 Å². The number of methoxy groups -OCH3 is 1. The van der Waals surface area contributed by atoms with Crippen LogP contribution >= 0.6 is 0 Å². The number of aromatic amines is 1. The van der Waals surface area contributed by atoms with E-state index in [0.717, 1.165) is 11.5 Å². The van der Waals surface area contributed by atoms with Crippen molar-refractivity contribution < 1.29 is 14.0 Å². The minimum Gasteiger partial charge on any atom is -0.479 e. The summed E-state index contributed by atoms with van der Waals surface area (Å²) in [5.41, 5.74) is 1.62. The molecule has 0 atom stereocenters. The van der Waals surface area contributed by atoms with Gasteiger partial charge in [-0.3, -0.25) is 5.10 Å². The summed E-state index contributed by atoms with van der Waals surface area (Å²) in [4.78, 5) is 8.69. The van der Waals surface area contributed by atoms with Crippen molar-refractivity contribution >= 4 is 17.5 Å². The lowest BCUT2D eigenvalue weighted by Crippen LogP contribution is -2.06. The Morgan fingerprint density at radius 3 is 2.93 bits per heavy atom. The largest absolute Gasteiger partial charge is 0.479 e. The summed E-state index contributed by atoms with van der Waals surface area (Å²) in [5.74, 6) is 3.30. The van der Waals surface area contributed by atoms with E-state index in [-0.39, 0.29) is 6.10 Å². The maximum Gasteiger partial charge on any atom is 0.242 e. The lowest BCUT2D eigenvalue weighted by atomic mass is 10.3. The number of aromatic nitrogens is 5. The van der Waals surface area contributed by atoms with Crippen molar-refractivity contribution in [1.29, 1.82) is 0 Å².